The Hall–Kier alpha value is -0.740. The summed E-state index contributed by atoms with van der Waals surface area (Å²) in [6, 6.07) is 0. The normalized spacial score (nSPS) is 15.4. The van der Waals surface area contributed by atoms with E-state index < -0.39 is 24.5 Å². The van der Waals surface area contributed by atoms with Crippen molar-refractivity contribution in [1.29, 1.82) is 0 Å². The molecule has 1 atom stereocenters. The second-order valence-electron chi connectivity index (χ2n) is 7.02. The molecule has 0 aromatic heterocycles. The molecule has 0 aliphatic carbocycles. The Morgan fingerprint density at radius 1 is 1.06 bits per heavy atom. The molecule has 2 nitrogen and oxygen atoms in total. The van der Waals surface area contributed by atoms with Crippen molar-refractivity contribution in [2.24, 2.45) is 16.7 Å². The summed E-state index contributed by atoms with van der Waals surface area (Å²) in [5, 5.41) is 1.99. The number of carbonyl (C=O) groups is 1. The van der Waals surface area contributed by atoms with Gasteiger partial charge in [0, 0.05) is 5.92 Å². The number of amides is 1. The molecule has 0 radical (unpaired) electrons. The summed E-state index contributed by atoms with van der Waals surface area (Å²) < 4.78 is 36.3. The van der Waals surface area contributed by atoms with Crippen LogP contribution in [0.3, 0.4) is 0 Å². The van der Waals surface area contributed by atoms with Crippen LogP contribution < -0.4 is 5.32 Å². The lowest BCUT2D eigenvalue weighted by molar-refractivity contribution is -0.143. The van der Waals surface area contributed by atoms with Crippen LogP contribution in [-0.4, -0.2) is 18.6 Å². The molecule has 0 aromatic carbocycles. The lowest BCUT2D eigenvalue weighted by Gasteiger charge is -2.34. The standard InChI is InChI=1S/C13H24F3NO/c1-11(2,3)7-9(12(4,5)6)10(18)17-8-13(14,15)16/h9H,7-8H2,1-6H3,(H,17,18). The molecule has 0 aliphatic rings. The maximum atomic E-state index is 12.1. The van der Waals surface area contributed by atoms with Crippen LogP contribution in [0.1, 0.15) is 48.0 Å². The van der Waals surface area contributed by atoms with E-state index in [0.29, 0.717) is 6.42 Å². The van der Waals surface area contributed by atoms with Crippen LogP contribution >= 0.6 is 0 Å². The fraction of sp³-hybridized carbons (Fsp3) is 0.923. The van der Waals surface area contributed by atoms with Gasteiger partial charge in [-0.05, 0) is 17.3 Å². The number of rotatable bonds is 3. The minimum Gasteiger partial charge on any atom is -0.347 e. The van der Waals surface area contributed by atoms with Crippen molar-refractivity contribution >= 4 is 5.91 Å². The van der Waals surface area contributed by atoms with Crippen LogP contribution in [0.4, 0.5) is 13.2 Å². The van der Waals surface area contributed by atoms with Gasteiger partial charge >= 0.3 is 6.18 Å². The number of hydrogen-bond donors (Lipinski definition) is 1. The first-order valence-corrected chi connectivity index (χ1v) is 6.07. The third-order valence-electron chi connectivity index (χ3n) is 2.64. The van der Waals surface area contributed by atoms with Gasteiger partial charge in [-0.25, -0.2) is 0 Å². The van der Waals surface area contributed by atoms with Crippen molar-refractivity contribution in [3.05, 3.63) is 0 Å². The lowest BCUT2D eigenvalue weighted by atomic mass is 9.71. The highest BCUT2D eigenvalue weighted by Crippen LogP contribution is 2.36. The molecule has 0 bridgehead atoms. The molecule has 0 aliphatic heterocycles. The molecule has 0 rings (SSSR count). The van der Waals surface area contributed by atoms with E-state index in [1.165, 1.54) is 0 Å². The molecule has 1 amide bonds. The zero-order chi connectivity index (χ0) is 14.8. The first-order chi connectivity index (χ1) is 7.72. The van der Waals surface area contributed by atoms with Gasteiger partial charge < -0.3 is 5.32 Å². The zero-order valence-electron chi connectivity index (χ0n) is 12.0. The van der Waals surface area contributed by atoms with Crippen LogP contribution in [0.25, 0.3) is 0 Å². The van der Waals surface area contributed by atoms with Gasteiger partial charge in [-0.2, -0.15) is 13.2 Å². The highest BCUT2D eigenvalue weighted by molar-refractivity contribution is 5.79. The van der Waals surface area contributed by atoms with Crippen LogP contribution in [0, 0.1) is 16.7 Å². The highest BCUT2D eigenvalue weighted by Gasteiger charge is 2.36. The summed E-state index contributed by atoms with van der Waals surface area (Å²) in [6.45, 7) is 10.3. The maximum absolute atomic E-state index is 12.1. The average Bonchev–Trinajstić information content (AvgIpc) is 2.06. The molecule has 108 valence electrons. The van der Waals surface area contributed by atoms with Crippen LogP contribution in [0.5, 0.6) is 0 Å². The molecule has 0 spiro atoms. The molecule has 0 saturated carbocycles. The van der Waals surface area contributed by atoms with Gasteiger partial charge in [0.15, 0.2) is 0 Å². The topological polar surface area (TPSA) is 29.1 Å². The minimum absolute atomic E-state index is 0.104. The van der Waals surface area contributed by atoms with E-state index in [0.717, 1.165) is 0 Å². The van der Waals surface area contributed by atoms with Crippen molar-refractivity contribution in [2.75, 3.05) is 6.54 Å². The summed E-state index contributed by atoms with van der Waals surface area (Å²) in [4.78, 5) is 11.9. The SMILES string of the molecule is CC(C)(C)CC(C(=O)NCC(F)(F)F)C(C)(C)C. The van der Waals surface area contributed by atoms with E-state index in [1.54, 1.807) is 0 Å². The van der Waals surface area contributed by atoms with Gasteiger partial charge in [0.05, 0.1) is 0 Å². The fourth-order valence-electron chi connectivity index (χ4n) is 1.72. The van der Waals surface area contributed by atoms with E-state index >= 15 is 0 Å². The van der Waals surface area contributed by atoms with Crippen molar-refractivity contribution in [3.63, 3.8) is 0 Å². The largest absolute Gasteiger partial charge is 0.405 e. The van der Waals surface area contributed by atoms with Gasteiger partial charge in [-0.3, -0.25) is 4.79 Å². The predicted molar refractivity (Wildman–Crippen MR) is 66.1 cm³/mol. The van der Waals surface area contributed by atoms with E-state index in [1.807, 2.05) is 46.9 Å². The van der Waals surface area contributed by atoms with Gasteiger partial charge in [0.2, 0.25) is 5.91 Å². The third kappa shape index (κ3) is 7.56. The lowest BCUT2D eigenvalue weighted by Crippen LogP contribution is -2.43. The van der Waals surface area contributed by atoms with Gasteiger partial charge in [-0.1, -0.05) is 41.5 Å². The first kappa shape index (κ1) is 17.3. The van der Waals surface area contributed by atoms with Crippen LogP contribution in [-0.2, 0) is 4.79 Å². The van der Waals surface area contributed by atoms with Crippen LogP contribution in [0.2, 0.25) is 0 Å². The van der Waals surface area contributed by atoms with E-state index in [4.69, 9.17) is 0 Å². The van der Waals surface area contributed by atoms with E-state index in [-0.39, 0.29) is 10.8 Å². The molecule has 0 heterocycles. The molecular formula is C13H24F3NO. The summed E-state index contributed by atoms with van der Waals surface area (Å²) in [6.07, 6.45) is -3.81. The van der Waals surface area contributed by atoms with Crippen molar-refractivity contribution in [2.45, 2.75) is 54.1 Å². The Bertz CT molecular complexity index is 284. The van der Waals surface area contributed by atoms with E-state index in [2.05, 4.69) is 0 Å². The second kappa shape index (κ2) is 5.49. The van der Waals surface area contributed by atoms with Gasteiger partial charge in [-0.15, -0.1) is 0 Å². The highest BCUT2D eigenvalue weighted by atomic mass is 19.4. The molecule has 18 heavy (non-hydrogen) atoms. The van der Waals surface area contributed by atoms with Crippen molar-refractivity contribution in [3.8, 4) is 0 Å². The van der Waals surface area contributed by atoms with E-state index in [9.17, 15) is 18.0 Å². The number of alkyl halides is 3. The monoisotopic (exact) mass is 267 g/mol. The zero-order valence-corrected chi connectivity index (χ0v) is 12.0. The quantitative estimate of drug-likeness (QED) is 0.828. The average molecular weight is 267 g/mol. The summed E-state index contributed by atoms with van der Waals surface area (Å²) in [5.41, 5.74) is -0.462. The molecule has 0 saturated heterocycles. The minimum atomic E-state index is -4.36. The Labute approximate surface area is 107 Å². The Balaban J connectivity index is 4.73. The Morgan fingerprint density at radius 3 is 1.78 bits per heavy atom. The molecule has 1 N–H and O–H groups in total. The Morgan fingerprint density at radius 2 is 1.50 bits per heavy atom. The third-order valence-corrected chi connectivity index (χ3v) is 2.64. The Kier molecular flexibility index (Phi) is 5.27. The number of halogens is 3. The smallest absolute Gasteiger partial charge is 0.347 e. The molecule has 5 heteroatoms. The van der Waals surface area contributed by atoms with Gasteiger partial charge in [0.1, 0.15) is 6.54 Å². The van der Waals surface area contributed by atoms with Gasteiger partial charge in [0.25, 0.3) is 0 Å². The number of nitrogens with one attached hydrogen (secondary N) is 1. The predicted octanol–water partition coefficient (Wildman–Crippen LogP) is 3.76. The first-order valence-electron chi connectivity index (χ1n) is 6.07. The molecule has 0 aromatic rings. The van der Waals surface area contributed by atoms with Crippen molar-refractivity contribution in [1.82, 2.24) is 5.32 Å². The fourth-order valence-corrected chi connectivity index (χ4v) is 1.72. The van der Waals surface area contributed by atoms with Crippen LogP contribution in [0.15, 0.2) is 0 Å². The summed E-state index contributed by atoms with van der Waals surface area (Å²) in [7, 11) is 0. The molecular weight excluding hydrogens is 243 g/mol. The number of hydrogen-bond acceptors (Lipinski definition) is 1. The van der Waals surface area contributed by atoms with Crippen molar-refractivity contribution < 1.29 is 18.0 Å². The maximum Gasteiger partial charge on any atom is 0.405 e. The number of carbonyl (C=O) groups excluding carboxylic acids is 1. The molecule has 1 unspecified atom stereocenters. The second-order valence-corrected chi connectivity index (χ2v) is 7.02. The summed E-state index contributed by atoms with van der Waals surface area (Å²) in [5.74, 6) is -0.949. The molecule has 0 fully saturated rings. The summed E-state index contributed by atoms with van der Waals surface area (Å²) >= 11 is 0.